The molecule has 0 saturated carbocycles. The summed E-state index contributed by atoms with van der Waals surface area (Å²) in [5, 5.41) is 0. The van der Waals surface area contributed by atoms with E-state index >= 15 is 8.78 Å². The van der Waals surface area contributed by atoms with Gasteiger partial charge in [0.2, 0.25) is 11.8 Å². The molecule has 11 heteroatoms. The van der Waals surface area contributed by atoms with Gasteiger partial charge >= 0.3 is 6.09 Å². The van der Waals surface area contributed by atoms with Crippen LogP contribution in [0.1, 0.15) is 52.0 Å². The molecule has 2 saturated heterocycles. The van der Waals surface area contributed by atoms with E-state index in [1.807, 2.05) is 11.8 Å². The molecule has 212 valence electrons. The lowest BCUT2D eigenvalue weighted by atomic mass is 9.88. The molecule has 2 heterocycles. The standard InChI is InChI=1S/C27H41F2N3O5Si/c1-18-16-30(10-11-31(18)26(35)37-27(2,3)4)19-14-21(28)24(22(29)15-19)20-8-9-23(33)32(25(20)34)17-36-12-13-38(5,6)7/h14-15,18,20H,8-13,16-17H2,1-7H3/t18-,20?/m0/s1. The van der Waals surface area contributed by atoms with Crippen LogP contribution in [0.15, 0.2) is 12.1 Å². The number of carbonyl (C=O) groups excluding carboxylic acids is 3. The van der Waals surface area contributed by atoms with Gasteiger partial charge in [-0.2, -0.15) is 0 Å². The van der Waals surface area contributed by atoms with Gasteiger partial charge in [-0.25, -0.2) is 13.6 Å². The molecule has 1 unspecified atom stereocenters. The van der Waals surface area contributed by atoms with Crippen molar-refractivity contribution in [3.05, 3.63) is 29.3 Å². The van der Waals surface area contributed by atoms with Gasteiger partial charge in [0.05, 0.1) is 5.92 Å². The second-order valence-electron chi connectivity index (χ2n) is 12.4. The Hall–Kier alpha value is -2.53. The molecule has 3 rings (SSSR count). The maximum absolute atomic E-state index is 15.3. The molecule has 0 bridgehead atoms. The number of hydrogen-bond donors (Lipinski definition) is 0. The third-order valence-electron chi connectivity index (χ3n) is 6.76. The first-order valence-electron chi connectivity index (χ1n) is 13.2. The lowest BCUT2D eigenvalue weighted by Gasteiger charge is -2.41. The molecule has 0 aliphatic carbocycles. The van der Waals surface area contributed by atoms with Crippen molar-refractivity contribution >= 4 is 31.7 Å². The van der Waals surface area contributed by atoms with E-state index in [2.05, 4.69) is 19.6 Å². The van der Waals surface area contributed by atoms with Gasteiger partial charge in [-0.1, -0.05) is 19.6 Å². The van der Waals surface area contributed by atoms with Crippen molar-refractivity contribution in [2.24, 2.45) is 0 Å². The highest BCUT2D eigenvalue weighted by Gasteiger charge is 2.39. The van der Waals surface area contributed by atoms with Gasteiger partial charge in [0.25, 0.3) is 0 Å². The molecule has 2 fully saturated rings. The van der Waals surface area contributed by atoms with Crippen LogP contribution < -0.4 is 4.90 Å². The average molecular weight is 554 g/mol. The van der Waals surface area contributed by atoms with Gasteiger partial charge in [-0.3, -0.25) is 14.5 Å². The van der Waals surface area contributed by atoms with Crippen LogP contribution in [0.5, 0.6) is 0 Å². The fraction of sp³-hybridized carbons (Fsp3) is 0.667. The predicted molar refractivity (Wildman–Crippen MR) is 144 cm³/mol. The number of likely N-dealkylation sites (tertiary alicyclic amines) is 1. The molecule has 2 aliphatic heterocycles. The third kappa shape index (κ3) is 7.53. The fourth-order valence-electron chi connectivity index (χ4n) is 4.65. The zero-order valence-corrected chi connectivity index (χ0v) is 24.6. The van der Waals surface area contributed by atoms with Crippen LogP contribution in [0.4, 0.5) is 19.3 Å². The van der Waals surface area contributed by atoms with E-state index in [1.165, 1.54) is 12.1 Å². The second-order valence-corrected chi connectivity index (χ2v) is 18.0. The number of amides is 3. The van der Waals surface area contributed by atoms with Crippen molar-refractivity contribution in [2.45, 2.75) is 83.8 Å². The monoisotopic (exact) mass is 553 g/mol. The van der Waals surface area contributed by atoms with Gasteiger partial charge in [0.15, 0.2) is 0 Å². The first kappa shape index (κ1) is 30.0. The van der Waals surface area contributed by atoms with Crippen LogP contribution in [-0.4, -0.2) is 80.4 Å². The number of halogens is 2. The summed E-state index contributed by atoms with van der Waals surface area (Å²) in [4.78, 5) is 42.4. The summed E-state index contributed by atoms with van der Waals surface area (Å²) in [6, 6.07) is 3.10. The van der Waals surface area contributed by atoms with E-state index in [0.29, 0.717) is 31.9 Å². The maximum atomic E-state index is 15.3. The number of nitrogens with zero attached hydrogens (tertiary/aromatic N) is 3. The molecule has 38 heavy (non-hydrogen) atoms. The van der Waals surface area contributed by atoms with Crippen molar-refractivity contribution in [3.63, 3.8) is 0 Å². The normalized spacial score (nSPS) is 21.2. The van der Waals surface area contributed by atoms with Crippen LogP contribution in [0.3, 0.4) is 0 Å². The summed E-state index contributed by atoms with van der Waals surface area (Å²) in [5.74, 6) is -3.78. The Labute approximate surface area is 225 Å². The molecule has 2 aliphatic rings. The van der Waals surface area contributed by atoms with Gasteiger partial charge in [-0.05, 0) is 52.3 Å². The van der Waals surface area contributed by atoms with Crippen LogP contribution in [0.2, 0.25) is 25.7 Å². The fourth-order valence-corrected chi connectivity index (χ4v) is 5.40. The molecule has 1 aromatic rings. The highest BCUT2D eigenvalue weighted by molar-refractivity contribution is 6.76. The predicted octanol–water partition coefficient (Wildman–Crippen LogP) is 4.96. The summed E-state index contributed by atoms with van der Waals surface area (Å²) in [5.41, 5.74) is -0.600. The van der Waals surface area contributed by atoms with Crippen molar-refractivity contribution in [2.75, 3.05) is 37.9 Å². The number of rotatable bonds is 7. The Bertz CT molecular complexity index is 1030. The molecule has 0 aromatic heterocycles. The first-order chi connectivity index (χ1) is 17.6. The number of ether oxygens (including phenoxy) is 2. The Morgan fingerprint density at radius 2 is 1.74 bits per heavy atom. The summed E-state index contributed by atoms with van der Waals surface area (Å²) in [6.07, 6.45) is -0.364. The number of carbonyl (C=O) groups is 3. The SMILES string of the molecule is C[C@H]1CN(c2cc(F)c(C3CCC(=O)N(COCC[Si](C)(C)C)C3=O)c(F)c2)CCN1C(=O)OC(C)(C)C. The minimum atomic E-state index is -1.34. The van der Waals surface area contributed by atoms with Crippen LogP contribution in [-0.2, 0) is 19.1 Å². The van der Waals surface area contributed by atoms with Crippen LogP contribution >= 0.6 is 0 Å². The van der Waals surface area contributed by atoms with E-state index < -0.39 is 49.1 Å². The van der Waals surface area contributed by atoms with Crippen LogP contribution in [0, 0.1) is 11.6 Å². The first-order valence-corrected chi connectivity index (χ1v) is 16.9. The van der Waals surface area contributed by atoms with E-state index in [1.54, 1.807) is 25.7 Å². The molecule has 8 nitrogen and oxygen atoms in total. The number of hydrogen-bond acceptors (Lipinski definition) is 6. The van der Waals surface area contributed by atoms with Crippen molar-refractivity contribution in [1.82, 2.24) is 9.80 Å². The summed E-state index contributed by atoms with van der Waals surface area (Å²) >= 11 is 0. The van der Waals surface area contributed by atoms with Crippen molar-refractivity contribution < 1.29 is 32.6 Å². The van der Waals surface area contributed by atoms with E-state index in [-0.39, 0.29) is 31.2 Å². The molecule has 0 spiro atoms. The molecule has 0 radical (unpaired) electrons. The lowest BCUT2D eigenvalue weighted by molar-refractivity contribution is -0.155. The highest BCUT2D eigenvalue weighted by atomic mass is 28.3. The van der Waals surface area contributed by atoms with Gasteiger partial charge in [-0.15, -0.1) is 0 Å². The molecule has 3 amide bonds. The number of piperazine rings is 1. The number of anilines is 1. The lowest BCUT2D eigenvalue weighted by Crippen LogP contribution is -2.55. The number of imide groups is 1. The Morgan fingerprint density at radius 1 is 1.11 bits per heavy atom. The summed E-state index contributed by atoms with van der Waals surface area (Å²) < 4.78 is 41.7. The zero-order chi connectivity index (χ0) is 28.4. The van der Waals surface area contributed by atoms with Gasteiger partial charge < -0.3 is 19.3 Å². The van der Waals surface area contributed by atoms with E-state index in [4.69, 9.17) is 9.47 Å². The van der Waals surface area contributed by atoms with Gasteiger partial charge in [0.1, 0.15) is 24.0 Å². The van der Waals surface area contributed by atoms with Crippen molar-refractivity contribution in [3.8, 4) is 0 Å². The Kier molecular flexibility index (Phi) is 9.23. The zero-order valence-electron chi connectivity index (χ0n) is 23.6. The maximum Gasteiger partial charge on any atom is 0.410 e. The quantitative estimate of drug-likeness (QED) is 0.270. The Morgan fingerprint density at radius 3 is 2.29 bits per heavy atom. The van der Waals surface area contributed by atoms with Crippen molar-refractivity contribution in [1.29, 1.82) is 0 Å². The highest BCUT2D eigenvalue weighted by Crippen LogP contribution is 2.35. The Balaban J connectivity index is 1.70. The largest absolute Gasteiger partial charge is 0.444 e. The molecule has 1 aromatic carbocycles. The minimum Gasteiger partial charge on any atom is -0.444 e. The average Bonchev–Trinajstić information content (AvgIpc) is 2.77. The second kappa shape index (κ2) is 11.7. The number of piperidine rings is 1. The summed E-state index contributed by atoms with van der Waals surface area (Å²) in [6.45, 7) is 15.1. The summed E-state index contributed by atoms with van der Waals surface area (Å²) in [7, 11) is -1.34. The molecular weight excluding hydrogens is 512 g/mol. The minimum absolute atomic E-state index is 0.0125. The van der Waals surface area contributed by atoms with E-state index in [0.717, 1.165) is 10.9 Å². The molecular formula is C27H41F2N3O5Si. The third-order valence-corrected chi connectivity index (χ3v) is 8.47. The van der Waals surface area contributed by atoms with E-state index in [9.17, 15) is 14.4 Å². The van der Waals surface area contributed by atoms with Crippen LogP contribution in [0.25, 0.3) is 0 Å². The molecule has 0 N–H and O–H groups in total. The smallest absolute Gasteiger partial charge is 0.410 e. The topological polar surface area (TPSA) is 79.4 Å². The number of benzene rings is 1. The van der Waals surface area contributed by atoms with Gasteiger partial charge in [0, 0.05) is 58.0 Å². The molecule has 2 atom stereocenters.